The zero-order valence-corrected chi connectivity index (χ0v) is 27.7. The summed E-state index contributed by atoms with van der Waals surface area (Å²) in [5, 5.41) is 2.79. The van der Waals surface area contributed by atoms with E-state index in [-0.39, 0.29) is 34.0 Å². The molecule has 5 rings (SSSR count). The Balaban J connectivity index is 1.41. The van der Waals surface area contributed by atoms with E-state index in [1.807, 2.05) is 26.9 Å². The highest BCUT2D eigenvalue weighted by atomic mass is 28.4. The predicted octanol–water partition coefficient (Wildman–Crippen LogP) is 7.14. The molecule has 2 fully saturated rings. The van der Waals surface area contributed by atoms with Crippen LogP contribution in [0.15, 0.2) is 66.7 Å². The number of hydrogen-bond donors (Lipinski definition) is 2. The molecule has 7 nitrogen and oxygen atoms in total. The van der Waals surface area contributed by atoms with Gasteiger partial charge in [0.05, 0.1) is 12.0 Å². The summed E-state index contributed by atoms with van der Waals surface area (Å²) in [5.74, 6) is -2.23. The van der Waals surface area contributed by atoms with Crippen molar-refractivity contribution in [3.8, 4) is 5.75 Å². The SMILES string of the molecule is CC(C)(C[C@@H](CC[C@H]1C(=O)N(c2ccc(F)cc2)[C@@H]1c1ccc(OC(=O)N2CCNCC2)cc1F)c1ccc(F)cc1)[Si](C)(C)O. The summed E-state index contributed by atoms with van der Waals surface area (Å²) in [6.45, 7) is 10.2. The number of piperazine rings is 1. The first-order valence-electron chi connectivity index (χ1n) is 15.8. The maximum atomic E-state index is 15.9. The number of ether oxygens (including phenoxy) is 1. The van der Waals surface area contributed by atoms with Gasteiger partial charge in [-0.05, 0) is 91.3 Å². The lowest BCUT2D eigenvalue weighted by atomic mass is 9.75. The molecule has 2 aliphatic heterocycles. The fourth-order valence-corrected chi connectivity index (χ4v) is 7.01. The molecule has 2 amide bonds. The molecule has 0 unspecified atom stereocenters. The van der Waals surface area contributed by atoms with Crippen LogP contribution in [0.25, 0.3) is 0 Å². The number of halogens is 3. The first-order chi connectivity index (χ1) is 21.7. The van der Waals surface area contributed by atoms with Crippen LogP contribution in [0.1, 0.15) is 56.2 Å². The molecule has 11 heteroatoms. The minimum absolute atomic E-state index is 0.0645. The average molecular weight is 654 g/mol. The second-order valence-corrected chi connectivity index (χ2v) is 18.0. The minimum Gasteiger partial charge on any atom is -0.432 e. The van der Waals surface area contributed by atoms with Gasteiger partial charge in [0.15, 0.2) is 8.32 Å². The molecule has 2 N–H and O–H groups in total. The lowest BCUT2D eigenvalue weighted by Crippen LogP contribution is -2.55. The number of benzene rings is 3. The fourth-order valence-electron chi connectivity index (χ4n) is 6.27. The number of β-lactam (4-membered cyclic amide) rings is 1. The summed E-state index contributed by atoms with van der Waals surface area (Å²) in [6.07, 6.45) is 1.03. The van der Waals surface area contributed by atoms with Crippen LogP contribution in [-0.2, 0) is 4.79 Å². The third-order valence-electron chi connectivity index (χ3n) is 9.77. The van der Waals surface area contributed by atoms with Gasteiger partial charge in [0, 0.05) is 43.5 Å². The van der Waals surface area contributed by atoms with Gasteiger partial charge in [0.2, 0.25) is 5.91 Å². The van der Waals surface area contributed by atoms with E-state index in [0.717, 1.165) is 11.6 Å². The number of carbonyl (C=O) groups excluding carboxylic acids is 2. The van der Waals surface area contributed by atoms with Gasteiger partial charge in [0.25, 0.3) is 0 Å². The lowest BCUT2D eigenvalue weighted by molar-refractivity contribution is -0.130. The Morgan fingerprint density at radius 2 is 1.61 bits per heavy atom. The van der Waals surface area contributed by atoms with E-state index in [1.54, 1.807) is 17.0 Å². The summed E-state index contributed by atoms with van der Waals surface area (Å²) in [4.78, 5) is 40.4. The van der Waals surface area contributed by atoms with Crippen molar-refractivity contribution in [2.45, 2.75) is 63.2 Å². The summed E-state index contributed by atoms with van der Waals surface area (Å²) in [7, 11) is -2.59. The molecule has 2 aliphatic rings. The molecule has 246 valence electrons. The molecule has 0 aromatic heterocycles. The van der Waals surface area contributed by atoms with Crippen molar-refractivity contribution >= 4 is 26.0 Å². The van der Waals surface area contributed by atoms with Gasteiger partial charge in [-0.1, -0.05) is 32.0 Å². The molecule has 3 atom stereocenters. The third kappa shape index (κ3) is 7.32. The Labute approximate surface area is 269 Å². The number of nitrogens with zero attached hydrogens (tertiary/aromatic N) is 2. The third-order valence-corrected chi connectivity index (χ3v) is 13.3. The first-order valence-corrected chi connectivity index (χ1v) is 18.7. The smallest absolute Gasteiger partial charge is 0.415 e. The van der Waals surface area contributed by atoms with Crippen molar-refractivity contribution in [1.82, 2.24) is 10.2 Å². The lowest BCUT2D eigenvalue weighted by Gasteiger charge is -2.48. The second-order valence-electron chi connectivity index (χ2n) is 13.5. The van der Waals surface area contributed by atoms with Crippen LogP contribution < -0.4 is 15.0 Å². The van der Waals surface area contributed by atoms with E-state index in [2.05, 4.69) is 5.32 Å². The zero-order chi connectivity index (χ0) is 33.2. The average Bonchev–Trinajstić information content (AvgIpc) is 3.01. The maximum absolute atomic E-state index is 15.9. The van der Waals surface area contributed by atoms with Crippen LogP contribution in [-0.4, -0.2) is 56.2 Å². The Kier molecular flexibility index (Phi) is 9.95. The number of rotatable bonds is 10. The van der Waals surface area contributed by atoms with Crippen LogP contribution in [0.3, 0.4) is 0 Å². The van der Waals surface area contributed by atoms with Crippen LogP contribution >= 0.6 is 0 Å². The second kappa shape index (κ2) is 13.6. The molecule has 3 aromatic carbocycles. The van der Waals surface area contributed by atoms with Crippen LogP contribution in [0.2, 0.25) is 18.1 Å². The standard InChI is InChI=1S/C35H42F3N3O4Si/c1-35(2,46(3,4)44)22-24(23-5-8-25(36)9-6-23)7-15-30-32(41(33(30)42)27-12-10-26(37)11-13-27)29-16-14-28(21-31(29)38)45-34(43)40-19-17-39-18-20-40/h5-6,8-14,16,21,24,30,32,39,44H,7,15,17-20,22H2,1-4H3/t24-,30-,32-/m1/s1. The molecular weight excluding hydrogens is 611 g/mol. The monoisotopic (exact) mass is 653 g/mol. The quantitative estimate of drug-likeness (QED) is 0.180. The van der Waals surface area contributed by atoms with Gasteiger partial charge >= 0.3 is 6.09 Å². The fraction of sp³-hybridized carbons (Fsp3) is 0.429. The van der Waals surface area contributed by atoms with Gasteiger partial charge < -0.3 is 24.6 Å². The van der Waals surface area contributed by atoms with Crippen molar-refractivity contribution < 1.29 is 32.3 Å². The molecular formula is C35H42F3N3O4Si. The summed E-state index contributed by atoms with van der Waals surface area (Å²) in [5.41, 5.74) is 1.62. The van der Waals surface area contributed by atoms with Gasteiger partial charge in [-0.15, -0.1) is 0 Å². The summed E-state index contributed by atoms with van der Waals surface area (Å²) in [6, 6.07) is 15.4. The van der Waals surface area contributed by atoms with Crippen LogP contribution in [0, 0.1) is 23.4 Å². The van der Waals surface area contributed by atoms with Crippen molar-refractivity contribution in [3.05, 3.63) is 95.3 Å². The van der Waals surface area contributed by atoms with Crippen molar-refractivity contribution in [2.24, 2.45) is 5.92 Å². The largest absolute Gasteiger partial charge is 0.432 e. The normalized spacial score (nSPS) is 19.5. The van der Waals surface area contributed by atoms with E-state index in [9.17, 15) is 23.2 Å². The highest BCUT2D eigenvalue weighted by Crippen LogP contribution is 2.50. The molecule has 3 aromatic rings. The molecule has 46 heavy (non-hydrogen) atoms. The number of amides is 2. The molecule has 0 spiro atoms. The van der Waals surface area contributed by atoms with Gasteiger partial charge in [0.1, 0.15) is 23.2 Å². The minimum atomic E-state index is -2.59. The zero-order valence-electron chi connectivity index (χ0n) is 26.7. The highest BCUT2D eigenvalue weighted by Gasteiger charge is 2.50. The number of carbonyl (C=O) groups is 2. The first kappa shape index (κ1) is 33.7. The van der Waals surface area contributed by atoms with Gasteiger partial charge in [-0.3, -0.25) is 4.79 Å². The number of anilines is 1. The predicted molar refractivity (Wildman–Crippen MR) is 174 cm³/mol. The highest BCUT2D eigenvalue weighted by molar-refractivity contribution is 6.72. The van der Waals surface area contributed by atoms with Crippen molar-refractivity contribution in [3.63, 3.8) is 0 Å². The number of nitrogens with one attached hydrogen (secondary N) is 1. The molecule has 0 aliphatic carbocycles. The maximum Gasteiger partial charge on any atom is 0.415 e. The Bertz CT molecular complexity index is 1540. The van der Waals surface area contributed by atoms with E-state index in [4.69, 9.17) is 4.74 Å². The van der Waals surface area contributed by atoms with Crippen LogP contribution in [0.5, 0.6) is 5.75 Å². The topological polar surface area (TPSA) is 82.1 Å². The van der Waals surface area contributed by atoms with E-state index in [0.29, 0.717) is 51.1 Å². The molecule has 0 radical (unpaired) electrons. The Morgan fingerprint density at radius 1 is 1.00 bits per heavy atom. The summed E-state index contributed by atoms with van der Waals surface area (Å²) >= 11 is 0. The Hall–Kier alpha value is -3.67. The molecule has 0 saturated carbocycles. The van der Waals surface area contributed by atoms with E-state index >= 15 is 4.39 Å². The van der Waals surface area contributed by atoms with Crippen molar-refractivity contribution in [1.29, 1.82) is 0 Å². The summed E-state index contributed by atoms with van der Waals surface area (Å²) < 4.78 is 48.9. The molecule has 2 saturated heterocycles. The number of hydrogen-bond acceptors (Lipinski definition) is 5. The van der Waals surface area contributed by atoms with E-state index < -0.39 is 38.0 Å². The van der Waals surface area contributed by atoms with Gasteiger partial charge in [-0.2, -0.15) is 0 Å². The van der Waals surface area contributed by atoms with Crippen molar-refractivity contribution in [2.75, 3.05) is 31.1 Å². The van der Waals surface area contributed by atoms with E-state index in [1.165, 1.54) is 53.4 Å². The molecule has 2 heterocycles. The Morgan fingerprint density at radius 3 is 2.20 bits per heavy atom. The molecule has 0 bridgehead atoms. The van der Waals surface area contributed by atoms with Gasteiger partial charge in [-0.25, -0.2) is 18.0 Å². The van der Waals surface area contributed by atoms with Crippen LogP contribution in [0.4, 0.5) is 23.7 Å².